The van der Waals surface area contributed by atoms with Crippen LogP contribution >= 0.6 is 0 Å². The van der Waals surface area contributed by atoms with Crippen LogP contribution in [-0.4, -0.2) is 66.0 Å². The summed E-state index contributed by atoms with van der Waals surface area (Å²) in [4.78, 5) is 33.8. The number of benzene rings is 2. The highest BCUT2D eigenvalue weighted by Gasteiger charge is 2.31. The molecule has 1 aliphatic rings. The SMILES string of the molecule is CCn1cc(NC(=O)Nc2ccc(OC(F)(F)F)cc2)nc1C(=O)N1CCN(c2ccc(OC)cc2)CC1. The fourth-order valence-corrected chi connectivity index (χ4v) is 4.01. The number of methoxy groups -OCH3 is 1. The number of amides is 3. The molecule has 13 heteroatoms. The molecular formula is C25H27F3N6O4. The number of halogens is 3. The molecule has 38 heavy (non-hydrogen) atoms. The second-order valence-electron chi connectivity index (χ2n) is 8.36. The van der Waals surface area contributed by atoms with E-state index in [1.807, 2.05) is 31.2 Å². The van der Waals surface area contributed by atoms with Crippen LogP contribution in [0.5, 0.6) is 11.5 Å². The first-order valence-electron chi connectivity index (χ1n) is 11.8. The van der Waals surface area contributed by atoms with E-state index in [9.17, 15) is 22.8 Å². The molecule has 0 bridgehead atoms. The molecule has 1 aliphatic heterocycles. The lowest BCUT2D eigenvalue weighted by Crippen LogP contribution is -2.49. The van der Waals surface area contributed by atoms with Gasteiger partial charge in [-0.2, -0.15) is 0 Å². The Hall–Kier alpha value is -4.42. The Morgan fingerprint density at radius 2 is 1.58 bits per heavy atom. The summed E-state index contributed by atoms with van der Waals surface area (Å²) in [6, 6.07) is 11.8. The van der Waals surface area contributed by atoms with Gasteiger partial charge in [0.25, 0.3) is 5.91 Å². The van der Waals surface area contributed by atoms with Crippen molar-refractivity contribution in [2.45, 2.75) is 19.8 Å². The highest BCUT2D eigenvalue weighted by Crippen LogP contribution is 2.24. The van der Waals surface area contributed by atoms with E-state index >= 15 is 0 Å². The van der Waals surface area contributed by atoms with Gasteiger partial charge in [-0.05, 0) is 55.5 Å². The third-order valence-electron chi connectivity index (χ3n) is 5.90. The number of hydrogen-bond donors (Lipinski definition) is 2. The number of piperazine rings is 1. The van der Waals surface area contributed by atoms with Gasteiger partial charge >= 0.3 is 12.4 Å². The number of nitrogens with zero attached hydrogens (tertiary/aromatic N) is 4. The fourth-order valence-electron chi connectivity index (χ4n) is 4.01. The second-order valence-corrected chi connectivity index (χ2v) is 8.36. The predicted octanol–water partition coefficient (Wildman–Crippen LogP) is 4.42. The van der Waals surface area contributed by atoms with Gasteiger partial charge in [-0.15, -0.1) is 13.2 Å². The number of alkyl halides is 3. The number of aryl methyl sites for hydroxylation is 1. The van der Waals surface area contributed by atoms with Crippen LogP contribution in [0.1, 0.15) is 17.5 Å². The van der Waals surface area contributed by atoms with Gasteiger partial charge < -0.3 is 29.2 Å². The maximum Gasteiger partial charge on any atom is 0.573 e. The van der Waals surface area contributed by atoms with Gasteiger partial charge in [-0.1, -0.05) is 0 Å². The highest BCUT2D eigenvalue weighted by atomic mass is 19.4. The van der Waals surface area contributed by atoms with E-state index in [1.165, 1.54) is 12.1 Å². The molecule has 0 saturated carbocycles. The third kappa shape index (κ3) is 6.66. The number of nitrogens with one attached hydrogen (secondary N) is 2. The summed E-state index contributed by atoms with van der Waals surface area (Å²) in [5.41, 5.74) is 1.30. The van der Waals surface area contributed by atoms with Crippen LogP contribution in [0, 0.1) is 0 Å². The Balaban J connectivity index is 1.34. The quantitative estimate of drug-likeness (QED) is 0.468. The van der Waals surface area contributed by atoms with Gasteiger partial charge in [0.15, 0.2) is 5.82 Å². The summed E-state index contributed by atoms with van der Waals surface area (Å²) >= 11 is 0. The minimum absolute atomic E-state index is 0.168. The zero-order chi connectivity index (χ0) is 27.3. The van der Waals surface area contributed by atoms with E-state index in [2.05, 4.69) is 25.3 Å². The van der Waals surface area contributed by atoms with E-state index < -0.39 is 18.1 Å². The number of hydrogen-bond acceptors (Lipinski definition) is 6. The summed E-state index contributed by atoms with van der Waals surface area (Å²) in [5.74, 6) is 0.504. The molecule has 202 valence electrons. The molecule has 4 rings (SSSR count). The van der Waals surface area contributed by atoms with Crippen LogP contribution in [0.2, 0.25) is 0 Å². The summed E-state index contributed by atoms with van der Waals surface area (Å²) in [6.07, 6.45) is -3.25. The first kappa shape index (κ1) is 26.6. The van der Waals surface area contributed by atoms with Gasteiger partial charge in [0.2, 0.25) is 5.82 Å². The summed E-state index contributed by atoms with van der Waals surface area (Å²) < 4.78 is 47.6. The van der Waals surface area contributed by atoms with Crippen molar-refractivity contribution in [3.05, 3.63) is 60.6 Å². The number of urea groups is 1. The molecule has 3 amide bonds. The van der Waals surface area contributed by atoms with Gasteiger partial charge in [-0.25, -0.2) is 9.78 Å². The van der Waals surface area contributed by atoms with Gasteiger partial charge in [0.05, 0.1) is 7.11 Å². The first-order chi connectivity index (χ1) is 18.1. The summed E-state index contributed by atoms with van der Waals surface area (Å²) in [6.45, 7) is 4.66. The number of imidazole rings is 1. The molecule has 2 aromatic carbocycles. The minimum Gasteiger partial charge on any atom is -0.497 e. The Labute approximate surface area is 216 Å². The highest BCUT2D eigenvalue weighted by molar-refractivity contribution is 6.00. The molecule has 2 N–H and O–H groups in total. The monoisotopic (exact) mass is 532 g/mol. The van der Waals surface area contributed by atoms with Gasteiger partial charge in [0.1, 0.15) is 11.5 Å². The molecule has 0 aliphatic carbocycles. The average molecular weight is 533 g/mol. The minimum atomic E-state index is -4.80. The molecule has 1 saturated heterocycles. The number of carbonyl (C=O) groups is 2. The standard InChI is InChI=1S/C25H27F3N6O4/c1-3-32-16-21(31-24(36)29-17-4-8-20(9-5-17)38-25(26,27)28)30-22(32)23(35)34-14-12-33(13-15-34)18-6-10-19(37-2)11-7-18/h4-11,16H,3,12-15H2,1-2H3,(H2,29,31,36). The zero-order valence-corrected chi connectivity index (χ0v) is 20.8. The molecule has 0 spiro atoms. The number of anilines is 3. The Kier molecular flexibility index (Phi) is 7.93. The number of rotatable bonds is 7. The maximum atomic E-state index is 13.2. The molecule has 0 unspecified atom stereocenters. The number of carbonyl (C=O) groups excluding carboxylic acids is 2. The van der Waals surface area contributed by atoms with Crippen molar-refractivity contribution < 1.29 is 32.2 Å². The zero-order valence-electron chi connectivity index (χ0n) is 20.8. The first-order valence-corrected chi connectivity index (χ1v) is 11.8. The predicted molar refractivity (Wildman–Crippen MR) is 135 cm³/mol. The van der Waals surface area contributed by atoms with Crippen molar-refractivity contribution in [2.75, 3.05) is 48.8 Å². The van der Waals surface area contributed by atoms with Crippen molar-refractivity contribution >= 4 is 29.1 Å². The maximum absolute atomic E-state index is 13.2. The average Bonchev–Trinajstić information content (AvgIpc) is 3.31. The lowest BCUT2D eigenvalue weighted by Gasteiger charge is -2.36. The third-order valence-corrected chi connectivity index (χ3v) is 5.90. The van der Waals surface area contributed by atoms with Gasteiger partial charge in [-0.3, -0.25) is 10.1 Å². The van der Waals surface area contributed by atoms with Crippen LogP contribution in [0.15, 0.2) is 54.7 Å². The van der Waals surface area contributed by atoms with Crippen molar-refractivity contribution in [3.8, 4) is 11.5 Å². The summed E-state index contributed by atoms with van der Waals surface area (Å²) in [5, 5.41) is 5.05. The van der Waals surface area contributed by atoms with E-state index in [0.717, 1.165) is 23.6 Å². The molecule has 0 atom stereocenters. The molecule has 10 nitrogen and oxygen atoms in total. The van der Waals surface area contributed by atoms with Crippen molar-refractivity contribution in [3.63, 3.8) is 0 Å². The number of ether oxygens (including phenoxy) is 2. The van der Waals surface area contributed by atoms with E-state index in [4.69, 9.17) is 4.74 Å². The second kappa shape index (κ2) is 11.3. The smallest absolute Gasteiger partial charge is 0.497 e. The van der Waals surface area contributed by atoms with Crippen LogP contribution in [0.4, 0.5) is 35.2 Å². The van der Waals surface area contributed by atoms with Crippen molar-refractivity contribution in [2.24, 2.45) is 0 Å². The number of aromatic nitrogens is 2. The Morgan fingerprint density at radius 1 is 0.947 bits per heavy atom. The summed E-state index contributed by atoms with van der Waals surface area (Å²) in [7, 11) is 1.62. The fraction of sp³-hybridized carbons (Fsp3) is 0.320. The van der Waals surface area contributed by atoms with Crippen molar-refractivity contribution in [1.29, 1.82) is 0 Å². The van der Waals surface area contributed by atoms with E-state index in [-0.39, 0.29) is 23.2 Å². The lowest BCUT2D eigenvalue weighted by atomic mass is 10.2. The molecular weight excluding hydrogens is 505 g/mol. The largest absolute Gasteiger partial charge is 0.573 e. The van der Waals surface area contributed by atoms with E-state index in [0.29, 0.717) is 32.7 Å². The van der Waals surface area contributed by atoms with Crippen LogP contribution in [0.25, 0.3) is 0 Å². The molecule has 1 fully saturated rings. The molecule has 3 aromatic rings. The topological polar surface area (TPSA) is 101 Å². The van der Waals surface area contributed by atoms with Crippen LogP contribution in [0.3, 0.4) is 0 Å². The molecule has 1 aromatic heterocycles. The van der Waals surface area contributed by atoms with Crippen LogP contribution < -0.4 is 25.0 Å². The molecule has 0 radical (unpaired) electrons. The Morgan fingerprint density at radius 3 is 2.16 bits per heavy atom. The normalized spacial score (nSPS) is 13.7. The molecule has 2 heterocycles. The Bertz CT molecular complexity index is 1250. The lowest BCUT2D eigenvalue weighted by molar-refractivity contribution is -0.274. The van der Waals surface area contributed by atoms with Crippen LogP contribution in [-0.2, 0) is 6.54 Å². The van der Waals surface area contributed by atoms with E-state index in [1.54, 1.807) is 22.8 Å². The van der Waals surface area contributed by atoms with Crippen molar-refractivity contribution in [1.82, 2.24) is 14.5 Å². The van der Waals surface area contributed by atoms with Gasteiger partial charge in [0, 0.05) is 50.3 Å².